The highest BCUT2D eigenvalue weighted by atomic mass is 35.5. The quantitative estimate of drug-likeness (QED) is 0.841. The van der Waals surface area contributed by atoms with Crippen molar-refractivity contribution in [3.63, 3.8) is 0 Å². The van der Waals surface area contributed by atoms with Gasteiger partial charge in [0.15, 0.2) is 6.54 Å². The second kappa shape index (κ2) is 7.33. The molecule has 1 aromatic carbocycles. The summed E-state index contributed by atoms with van der Waals surface area (Å²) in [5.74, 6) is -0.389. The van der Waals surface area contributed by atoms with Crippen LogP contribution in [0, 0.1) is 0 Å². The Morgan fingerprint density at radius 1 is 1.35 bits per heavy atom. The number of benzene rings is 1. The van der Waals surface area contributed by atoms with Crippen molar-refractivity contribution >= 4 is 34.5 Å². The van der Waals surface area contributed by atoms with E-state index in [0.717, 1.165) is 28.0 Å². The smallest absolute Gasteiger partial charge is 0.325 e. The van der Waals surface area contributed by atoms with Gasteiger partial charge in [-0.05, 0) is 29.6 Å². The number of carbonyl (C=O) groups excluding carboxylic acids is 1. The van der Waals surface area contributed by atoms with E-state index in [1.807, 2.05) is 24.6 Å². The van der Waals surface area contributed by atoms with Gasteiger partial charge in [0, 0.05) is 0 Å². The molecular formula is C15H15ClF3N2OS+. The van der Waals surface area contributed by atoms with Crippen LogP contribution in [0.1, 0.15) is 10.4 Å². The number of alkyl halides is 3. The average Bonchev–Trinajstić information content (AvgIpc) is 2.92. The molecule has 0 saturated heterocycles. The third-order valence-electron chi connectivity index (χ3n) is 3.09. The molecule has 1 amide bonds. The van der Waals surface area contributed by atoms with Crippen molar-refractivity contribution in [2.24, 2.45) is 0 Å². The van der Waals surface area contributed by atoms with Gasteiger partial charge in [0.25, 0.3) is 5.91 Å². The molecule has 0 aliphatic rings. The van der Waals surface area contributed by atoms with E-state index in [1.165, 1.54) is 0 Å². The average molecular weight is 364 g/mol. The SMILES string of the molecule is C[NH+](CC(=O)Nc1cc(C(F)(F)F)ccc1Cl)Cc1cccs1. The van der Waals surface area contributed by atoms with Crippen LogP contribution in [0.3, 0.4) is 0 Å². The van der Waals surface area contributed by atoms with E-state index in [9.17, 15) is 18.0 Å². The van der Waals surface area contributed by atoms with Gasteiger partial charge < -0.3 is 10.2 Å². The summed E-state index contributed by atoms with van der Waals surface area (Å²) in [4.78, 5) is 14.1. The molecule has 2 rings (SSSR count). The molecule has 1 atom stereocenters. The Morgan fingerprint density at radius 2 is 2.09 bits per heavy atom. The minimum atomic E-state index is -4.48. The Hall–Kier alpha value is -1.57. The monoisotopic (exact) mass is 363 g/mol. The molecule has 0 aliphatic heterocycles. The van der Waals surface area contributed by atoms with Crippen molar-refractivity contribution in [3.8, 4) is 0 Å². The Morgan fingerprint density at radius 3 is 2.70 bits per heavy atom. The number of quaternary nitrogens is 1. The lowest BCUT2D eigenvalue weighted by Crippen LogP contribution is -3.08. The van der Waals surface area contributed by atoms with E-state index in [-0.39, 0.29) is 23.2 Å². The summed E-state index contributed by atoms with van der Waals surface area (Å²) in [7, 11) is 1.84. The summed E-state index contributed by atoms with van der Waals surface area (Å²) in [6, 6.07) is 6.74. The highest BCUT2D eigenvalue weighted by Crippen LogP contribution is 2.33. The van der Waals surface area contributed by atoms with E-state index in [1.54, 1.807) is 11.3 Å². The number of anilines is 1. The molecule has 0 aliphatic carbocycles. The summed E-state index contributed by atoms with van der Waals surface area (Å²) >= 11 is 7.45. The maximum absolute atomic E-state index is 12.7. The first-order valence-corrected chi connectivity index (χ1v) is 8.02. The Labute approximate surface area is 140 Å². The molecule has 2 N–H and O–H groups in total. The van der Waals surface area contributed by atoms with Crippen LogP contribution >= 0.6 is 22.9 Å². The molecule has 0 fully saturated rings. The minimum Gasteiger partial charge on any atom is -0.325 e. The first-order valence-electron chi connectivity index (χ1n) is 6.76. The number of nitrogens with one attached hydrogen (secondary N) is 2. The van der Waals surface area contributed by atoms with Crippen molar-refractivity contribution < 1.29 is 22.9 Å². The number of hydrogen-bond donors (Lipinski definition) is 2. The predicted molar refractivity (Wildman–Crippen MR) is 84.9 cm³/mol. The van der Waals surface area contributed by atoms with Crippen LogP contribution in [0.2, 0.25) is 5.02 Å². The Bertz CT molecular complexity index is 674. The highest BCUT2D eigenvalue weighted by molar-refractivity contribution is 7.09. The van der Waals surface area contributed by atoms with Gasteiger partial charge in [-0.25, -0.2) is 0 Å². The van der Waals surface area contributed by atoms with Gasteiger partial charge in [0.05, 0.1) is 28.2 Å². The van der Waals surface area contributed by atoms with Gasteiger partial charge in [-0.2, -0.15) is 13.2 Å². The molecule has 0 radical (unpaired) electrons. The predicted octanol–water partition coefficient (Wildman–Crippen LogP) is 3.07. The lowest BCUT2D eigenvalue weighted by Gasteiger charge is -2.14. The van der Waals surface area contributed by atoms with Crippen molar-refractivity contribution in [1.82, 2.24) is 0 Å². The largest absolute Gasteiger partial charge is 0.416 e. The Kier molecular flexibility index (Phi) is 5.67. The number of likely N-dealkylation sites (N-methyl/N-ethyl adjacent to an activating group) is 1. The van der Waals surface area contributed by atoms with Crippen LogP contribution in [0.25, 0.3) is 0 Å². The summed E-state index contributed by atoms with van der Waals surface area (Å²) < 4.78 is 38.1. The van der Waals surface area contributed by atoms with E-state index in [4.69, 9.17) is 11.6 Å². The van der Waals surface area contributed by atoms with Gasteiger partial charge in [0.1, 0.15) is 6.54 Å². The van der Waals surface area contributed by atoms with Crippen LogP contribution in [0.15, 0.2) is 35.7 Å². The van der Waals surface area contributed by atoms with Crippen LogP contribution in [-0.2, 0) is 17.5 Å². The molecule has 0 saturated carbocycles. The molecule has 0 spiro atoms. The van der Waals surface area contributed by atoms with Crippen LogP contribution in [-0.4, -0.2) is 19.5 Å². The second-order valence-corrected chi connectivity index (χ2v) is 6.57. The second-order valence-electron chi connectivity index (χ2n) is 5.13. The number of carbonyl (C=O) groups is 1. The number of hydrogen-bond acceptors (Lipinski definition) is 2. The van der Waals surface area contributed by atoms with Gasteiger partial charge in [0.2, 0.25) is 0 Å². The summed E-state index contributed by atoms with van der Waals surface area (Å²) in [6.45, 7) is 0.798. The van der Waals surface area contributed by atoms with Crippen LogP contribution < -0.4 is 10.2 Å². The molecule has 2 aromatic rings. The fourth-order valence-electron chi connectivity index (χ4n) is 2.04. The number of halogens is 4. The maximum Gasteiger partial charge on any atom is 0.416 e. The zero-order valence-electron chi connectivity index (χ0n) is 12.2. The van der Waals surface area contributed by atoms with Crippen molar-refractivity contribution in [3.05, 3.63) is 51.2 Å². The van der Waals surface area contributed by atoms with Crippen LogP contribution in [0.5, 0.6) is 0 Å². The zero-order valence-corrected chi connectivity index (χ0v) is 13.8. The fraction of sp³-hybridized carbons (Fsp3) is 0.267. The first kappa shape index (κ1) is 17.8. The molecule has 1 aromatic heterocycles. The van der Waals surface area contributed by atoms with E-state index in [2.05, 4.69) is 5.32 Å². The van der Waals surface area contributed by atoms with Crippen molar-refractivity contribution in [2.75, 3.05) is 18.9 Å². The van der Waals surface area contributed by atoms with E-state index in [0.29, 0.717) is 6.54 Å². The summed E-state index contributed by atoms with van der Waals surface area (Å²) in [5, 5.41) is 4.47. The Balaban J connectivity index is 1.99. The van der Waals surface area contributed by atoms with Crippen molar-refractivity contribution in [1.29, 1.82) is 0 Å². The third kappa shape index (κ3) is 5.23. The molecule has 124 valence electrons. The first-order chi connectivity index (χ1) is 10.8. The molecule has 0 bridgehead atoms. The molecule has 1 unspecified atom stereocenters. The number of thiophene rings is 1. The van der Waals surface area contributed by atoms with Gasteiger partial charge >= 0.3 is 6.18 Å². The third-order valence-corrected chi connectivity index (χ3v) is 4.29. The van der Waals surface area contributed by atoms with E-state index < -0.39 is 11.7 Å². The molecule has 3 nitrogen and oxygen atoms in total. The lowest BCUT2D eigenvalue weighted by molar-refractivity contribution is -0.884. The lowest BCUT2D eigenvalue weighted by atomic mass is 10.2. The number of amides is 1. The summed E-state index contributed by atoms with van der Waals surface area (Å²) in [5.41, 5.74) is -0.882. The molecular weight excluding hydrogens is 349 g/mol. The van der Waals surface area contributed by atoms with E-state index >= 15 is 0 Å². The highest BCUT2D eigenvalue weighted by Gasteiger charge is 2.31. The molecule has 23 heavy (non-hydrogen) atoms. The maximum atomic E-state index is 12.7. The normalized spacial score (nSPS) is 12.9. The molecule has 8 heteroatoms. The van der Waals surface area contributed by atoms with Crippen molar-refractivity contribution in [2.45, 2.75) is 12.7 Å². The standard InChI is InChI=1S/C15H14ClF3N2OS/c1-21(8-11-3-2-6-23-11)9-14(22)20-13-7-10(15(17,18)19)4-5-12(13)16/h2-7H,8-9H2,1H3,(H,20,22)/p+1. The zero-order chi connectivity index (χ0) is 17.0. The topological polar surface area (TPSA) is 33.5 Å². The molecule has 1 heterocycles. The minimum absolute atomic E-state index is 0.0320. The fourth-order valence-corrected chi connectivity index (χ4v) is 3.02. The summed E-state index contributed by atoms with van der Waals surface area (Å²) in [6.07, 6.45) is -4.48. The van der Waals surface area contributed by atoms with Gasteiger partial charge in [-0.1, -0.05) is 17.7 Å². The number of rotatable bonds is 5. The van der Waals surface area contributed by atoms with Crippen LogP contribution in [0.4, 0.5) is 18.9 Å². The van der Waals surface area contributed by atoms with Gasteiger partial charge in [-0.3, -0.25) is 4.79 Å². The van der Waals surface area contributed by atoms with Gasteiger partial charge in [-0.15, -0.1) is 11.3 Å².